The smallest absolute Gasteiger partial charge is 0.143 e. The molecule has 0 unspecified atom stereocenters. The van der Waals surface area contributed by atoms with Gasteiger partial charge in [-0.3, -0.25) is 4.79 Å². The predicted molar refractivity (Wildman–Crippen MR) is 48.8 cm³/mol. The van der Waals surface area contributed by atoms with Crippen molar-refractivity contribution in [1.82, 2.24) is 0 Å². The highest BCUT2D eigenvalue weighted by atomic mass is 16.1. The van der Waals surface area contributed by atoms with E-state index >= 15 is 0 Å². The number of ketones is 1. The van der Waals surface area contributed by atoms with E-state index in [0.717, 1.165) is 6.42 Å². The summed E-state index contributed by atoms with van der Waals surface area (Å²) in [5, 5.41) is 0. The minimum atomic E-state index is -0.177. The van der Waals surface area contributed by atoms with Crippen molar-refractivity contribution < 1.29 is 4.79 Å². The molecule has 1 atom stereocenters. The Morgan fingerprint density at radius 3 is 2.42 bits per heavy atom. The van der Waals surface area contributed by atoms with Gasteiger partial charge < -0.3 is 0 Å². The SMILES string of the molecule is C=C[C@@]1(C)C(=O)CC12CCCC2. The van der Waals surface area contributed by atoms with E-state index in [2.05, 4.69) is 13.5 Å². The van der Waals surface area contributed by atoms with Gasteiger partial charge in [0, 0.05) is 11.8 Å². The minimum absolute atomic E-state index is 0.177. The zero-order chi connectivity index (χ0) is 8.82. The maximum atomic E-state index is 11.5. The van der Waals surface area contributed by atoms with Crippen LogP contribution in [0.5, 0.6) is 0 Å². The first-order chi connectivity index (χ1) is 5.65. The summed E-state index contributed by atoms with van der Waals surface area (Å²) in [5.74, 6) is 0.402. The van der Waals surface area contributed by atoms with Gasteiger partial charge in [0.1, 0.15) is 5.78 Å². The van der Waals surface area contributed by atoms with Gasteiger partial charge in [0.05, 0.1) is 0 Å². The third kappa shape index (κ3) is 0.675. The summed E-state index contributed by atoms with van der Waals surface area (Å²) in [6, 6.07) is 0. The van der Waals surface area contributed by atoms with E-state index < -0.39 is 0 Å². The van der Waals surface area contributed by atoms with Crippen LogP contribution in [-0.4, -0.2) is 5.78 Å². The lowest BCUT2D eigenvalue weighted by atomic mass is 9.48. The standard InChI is InChI=1S/C11H16O/c1-3-10(2)9(12)8-11(10)6-4-5-7-11/h3H,1,4-8H2,2H3/t10-/m0/s1. The number of allylic oxidation sites excluding steroid dienone is 1. The Hall–Kier alpha value is -0.590. The molecule has 0 aromatic carbocycles. The maximum Gasteiger partial charge on any atom is 0.143 e. The first kappa shape index (κ1) is 8.03. The van der Waals surface area contributed by atoms with E-state index in [1.807, 2.05) is 6.08 Å². The highest BCUT2D eigenvalue weighted by Crippen LogP contribution is 2.62. The monoisotopic (exact) mass is 164 g/mol. The molecular formula is C11H16O. The van der Waals surface area contributed by atoms with Crippen LogP contribution < -0.4 is 0 Å². The van der Waals surface area contributed by atoms with Gasteiger partial charge >= 0.3 is 0 Å². The van der Waals surface area contributed by atoms with Gasteiger partial charge in [-0.05, 0) is 25.2 Å². The van der Waals surface area contributed by atoms with E-state index in [-0.39, 0.29) is 5.41 Å². The highest BCUT2D eigenvalue weighted by molar-refractivity contribution is 5.94. The van der Waals surface area contributed by atoms with Gasteiger partial charge in [-0.2, -0.15) is 0 Å². The minimum Gasteiger partial charge on any atom is -0.299 e. The molecule has 1 spiro atoms. The molecule has 2 aliphatic carbocycles. The van der Waals surface area contributed by atoms with Crippen molar-refractivity contribution in [2.45, 2.75) is 39.0 Å². The van der Waals surface area contributed by atoms with E-state index in [1.54, 1.807) is 0 Å². The molecule has 2 saturated carbocycles. The van der Waals surface area contributed by atoms with Crippen LogP contribution in [0.25, 0.3) is 0 Å². The second-order valence-electron chi connectivity index (χ2n) is 4.49. The van der Waals surface area contributed by atoms with Gasteiger partial charge in [-0.15, -0.1) is 6.58 Å². The molecule has 0 aromatic rings. The molecule has 0 N–H and O–H groups in total. The molecule has 0 heterocycles. The first-order valence-corrected chi connectivity index (χ1v) is 4.82. The number of hydrogen-bond donors (Lipinski definition) is 0. The van der Waals surface area contributed by atoms with Gasteiger partial charge in [0.15, 0.2) is 0 Å². The van der Waals surface area contributed by atoms with E-state index in [1.165, 1.54) is 25.7 Å². The highest BCUT2D eigenvalue weighted by Gasteiger charge is 2.61. The lowest BCUT2D eigenvalue weighted by Gasteiger charge is -2.53. The first-order valence-electron chi connectivity index (χ1n) is 4.82. The zero-order valence-corrected chi connectivity index (χ0v) is 7.73. The number of carbonyl (C=O) groups is 1. The van der Waals surface area contributed by atoms with Gasteiger partial charge in [-0.1, -0.05) is 18.9 Å². The average molecular weight is 164 g/mol. The summed E-state index contributed by atoms with van der Waals surface area (Å²) in [7, 11) is 0. The normalized spacial score (nSPS) is 38.2. The van der Waals surface area contributed by atoms with E-state index in [0.29, 0.717) is 11.2 Å². The predicted octanol–water partition coefficient (Wildman–Crippen LogP) is 2.71. The van der Waals surface area contributed by atoms with E-state index in [4.69, 9.17) is 0 Å². The molecule has 12 heavy (non-hydrogen) atoms. The summed E-state index contributed by atoms with van der Waals surface area (Å²) in [6.45, 7) is 5.87. The van der Waals surface area contributed by atoms with Gasteiger partial charge in [0.25, 0.3) is 0 Å². The Kier molecular flexibility index (Phi) is 1.48. The van der Waals surface area contributed by atoms with Crippen molar-refractivity contribution in [3.05, 3.63) is 12.7 Å². The molecule has 0 aliphatic heterocycles. The molecule has 0 bridgehead atoms. The van der Waals surface area contributed by atoms with Crippen molar-refractivity contribution >= 4 is 5.78 Å². The van der Waals surface area contributed by atoms with Crippen LogP contribution in [-0.2, 0) is 4.79 Å². The van der Waals surface area contributed by atoms with Crippen molar-refractivity contribution in [1.29, 1.82) is 0 Å². The molecule has 0 aromatic heterocycles. The summed E-state index contributed by atoms with van der Waals surface area (Å²) in [4.78, 5) is 11.5. The Labute approximate surface area is 73.8 Å². The molecule has 0 radical (unpaired) electrons. The van der Waals surface area contributed by atoms with Crippen molar-refractivity contribution in [2.75, 3.05) is 0 Å². The number of hydrogen-bond acceptors (Lipinski definition) is 1. The Morgan fingerprint density at radius 1 is 1.42 bits per heavy atom. The van der Waals surface area contributed by atoms with Crippen molar-refractivity contribution in [3.63, 3.8) is 0 Å². The van der Waals surface area contributed by atoms with Crippen LogP contribution in [0.15, 0.2) is 12.7 Å². The van der Waals surface area contributed by atoms with Crippen molar-refractivity contribution in [2.24, 2.45) is 10.8 Å². The average Bonchev–Trinajstić information content (AvgIpc) is 2.54. The summed E-state index contributed by atoms with van der Waals surface area (Å²) in [5.41, 5.74) is 0.148. The van der Waals surface area contributed by atoms with Gasteiger partial charge in [-0.25, -0.2) is 0 Å². The molecule has 2 fully saturated rings. The van der Waals surface area contributed by atoms with Crippen molar-refractivity contribution in [3.8, 4) is 0 Å². The molecule has 1 heteroatoms. The third-order valence-corrected chi connectivity index (χ3v) is 4.15. The van der Waals surface area contributed by atoms with Crippen LogP contribution in [0.1, 0.15) is 39.0 Å². The quantitative estimate of drug-likeness (QED) is 0.544. The fourth-order valence-corrected chi connectivity index (χ4v) is 2.94. The molecular weight excluding hydrogens is 148 g/mol. The molecule has 2 aliphatic rings. The van der Waals surface area contributed by atoms with Gasteiger partial charge in [0.2, 0.25) is 0 Å². The molecule has 2 rings (SSSR count). The van der Waals surface area contributed by atoms with E-state index in [9.17, 15) is 4.79 Å². The van der Waals surface area contributed by atoms with Crippen LogP contribution in [0.3, 0.4) is 0 Å². The summed E-state index contributed by atoms with van der Waals surface area (Å²) in [6.07, 6.45) is 7.77. The zero-order valence-electron chi connectivity index (χ0n) is 7.73. The lowest BCUT2D eigenvalue weighted by Crippen LogP contribution is -2.54. The second-order valence-corrected chi connectivity index (χ2v) is 4.49. The Bertz CT molecular complexity index is 235. The number of carbonyl (C=O) groups excluding carboxylic acids is 1. The number of Topliss-reactive ketones (excluding diaryl/α,β-unsaturated/α-hetero) is 1. The molecule has 66 valence electrons. The fraction of sp³-hybridized carbons (Fsp3) is 0.727. The molecule has 1 nitrogen and oxygen atoms in total. The second kappa shape index (κ2) is 2.21. The Morgan fingerprint density at radius 2 is 2.00 bits per heavy atom. The largest absolute Gasteiger partial charge is 0.299 e. The van der Waals surface area contributed by atoms with Crippen LogP contribution in [0.4, 0.5) is 0 Å². The van der Waals surface area contributed by atoms with Crippen LogP contribution in [0.2, 0.25) is 0 Å². The topological polar surface area (TPSA) is 17.1 Å². The maximum absolute atomic E-state index is 11.5. The lowest BCUT2D eigenvalue weighted by molar-refractivity contribution is -0.150. The molecule has 0 amide bonds. The summed E-state index contributed by atoms with van der Waals surface area (Å²) >= 11 is 0. The summed E-state index contributed by atoms with van der Waals surface area (Å²) < 4.78 is 0. The fourth-order valence-electron chi connectivity index (χ4n) is 2.94. The Balaban J connectivity index is 2.30. The van der Waals surface area contributed by atoms with Crippen LogP contribution in [0, 0.1) is 10.8 Å². The molecule has 0 saturated heterocycles. The third-order valence-electron chi connectivity index (χ3n) is 4.15. The number of rotatable bonds is 1. The van der Waals surface area contributed by atoms with Crippen LogP contribution >= 0.6 is 0 Å².